The number of hydrogen-bond donors (Lipinski definition) is 2. The van der Waals surface area contributed by atoms with Gasteiger partial charge in [0.1, 0.15) is 0 Å². The molecule has 0 saturated heterocycles. The van der Waals surface area contributed by atoms with Crippen molar-refractivity contribution in [1.82, 2.24) is 10.3 Å². The summed E-state index contributed by atoms with van der Waals surface area (Å²) in [5.74, 6) is 1.65. The van der Waals surface area contributed by atoms with E-state index in [9.17, 15) is 4.79 Å². The van der Waals surface area contributed by atoms with Crippen molar-refractivity contribution in [3.63, 3.8) is 0 Å². The molecule has 1 aromatic carbocycles. The molecule has 3 nitrogen and oxygen atoms in total. The van der Waals surface area contributed by atoms with Crippen LogP contribution in [0.3, 0.4) is 0 Å². The molecule has 3 heteroatoms. The Balaban J connectivity index is 1.83. The summed E-state index contributed by atoms with van der Waals surface area (Å²) in [5, 5.41) is 4.39. The predicted octanol–water partition coefficient (Wildman–Crippen LogP) is 4.99. The molecule has 0 aliphatic heterocycles. The molecule has 0 unspecified atom stereocenters. The highest BCUT2D eigenvalue weighted by Crippen LogP contribution is 2.40. The molecule has 0 spiro atoms. The number of carbonyl (C=O) groups is 1. The van der Waals surface area contributed by atoms with Crippen LogP contribution in [0, 0.1) is 11.8 Å². The molecule has 2 aromatic rings. The SMILES string of the molecule is CC(C)CNC(=O)C[C@@H](c1c[nH]c2ccccc12)C1CCCCC1. The van der Waals surface area contributed by atoms with E-state index in [0.717, 1.165) is 6.54 Å². The number of H-pyrrole nitrogens is 1. The van der Waals surface area contributed by atoms with Crippen molar-refractivity contribution in [1.29, 1.82) is 0 Å². The van der Waals surface area contributed by atoms with Gasteiger partial charge in [0.05, 0.1) is 0 Å². The number of benzene rings is 1. The number of para-hydroxylation sites is 1. The van der Waals surface area contributed by atoms with Crippen LogP contribution in [-0.4, -0.2) is 17.4 Å². The summed E-state index contributed by atoms with van der Waals surface area (Å²) in [6.07, 6.45) is 9.20. The van der Waals surface area contributed by atoms with Crippen LogP contribution in [-0.2, 0) is 4.79 Å². The topological polar surface area (TPSA) is 44.9 Å². The van der Waals surface area contributed by atoms with Gasteiger partial charge in [-0.05, 0) is 42.2 Å². The monoisotopic (exact) mass is 326 g/mol. The first kappa shape index (κ1) is 17.1. The molecular weight excluding hydrogens is 296 g/mol. The molecule has 1 fully saturated rings. The number of aromatic nitrogens is 1. The molecule has 1 saturated carbocycles. The average molecular weight is 326 g/mol. The lowest BCUT2D eigenvalue weighted by Crippen LogP contribution is -2.30. The van der Waals surface area contributed by atoms with Gasteiger partial charge in [0.15, 0.2) is 0 Å². The maximum absolute atomic E-state index is 12.5. The van der Waals surface area contributed by atoms with E-state index >= 15 is 0 Å². The molecule has 1 aliphatic carbocycles. The van der Waals surface area contributed by atoms with Gasteiger partial charge < -0.3 is 10.3 Å². The van der Waals surface area contributed by atoms with Crippen LogP contribution in [0.2, 0.25) is 0 Å². The van der Waals surface area contributed by atoms with E-state index in [1.54, 1.807) is 0 Å². The lowest BCUT2D eigenvalue weighted by Gasteiger charge is -2.30. The number of amides is 1. The molecule has 1 aromatic heterocycles. The van der Waals surface area contributed by atoms with Crippen LogP contribution in [0.4, 0.5) is 0 Å². The minimum Gasteiger partial charge on any atom is -0.361 e. The third-order valence-corrected chi connectivity index (χ3v) is 5.35. The van der Waals surface area contributed by atoms with Crippen LogP contribution >= 0.6 is 0 Å². The van der Waals surface area contributed by atoms with Crippen LogP contribution in [0.25, 0.3) is 10.9 Å². The summed E-state index contributed by atoms with van der Waals surface area (Å²) in [6.45, 7) is 5.04. The second kappa shape index (κ2) is 7.87. The quantitative estimate of drug-likeness (QED) is 0.771. The zero-order valence-electron chi connectivity index (χ0n) is 15.0. The van der Waals surface area contributed by atoms with Gasteiger partial charge in [-0.25, -0.2) is 0 Å². The normalized spacial score (nSPS) is 17.3. The first-order chi connectivity index (χ1) is 11.6. The first-order valence-corrected chi connectivity index (χ1v) is 9.48. The molecule has 1 atom stereocenters. The van der Waals surface area contributed by atoms with E-state index in [2.05, 4.69) is 54.6 Å². The second-order valence-electron chi connectivity index (χ2n) is 7.70. The maximum atomic E-state index is 12.5. The van der Waals surface area contributed by atoms with Crippen molar-refractivity contribution < 1.29 is 4.79 Å². The van der Waals surface area contributed by atoms with Crippen molar-refractivity contribution in [3.05, 3.63) is 36.0 Å². The van der Waals surface area contributed by atoms with Gasteiger partial charge >= 0.3 is 0 Å². The minimum absolute atomic E-state index is 0.199. The molecule has 0 bridgehead atoms. The van der Waals surface area contributed by atoms with Gasteiger partial charge in [-0.15, -0.1) is 0 Å². The zero-order chi connectivity index (χ0) is 16.9. The first-order valence-electron chi connectivity index (χ1n) is 9.48. The lowest BCUT2D eigenvalue weighted by molar-refractivity contribution is -0.122. The molecule has 1 amide bonds. The highest BCUT2D eigenvalue weighted by atomic mass is 16.1. The van der Waals surface area contributed by atoms with Gasteiger partial charge in [0, 0.05) is 30.1 Å². The molecule has 2 N–H and O–H groups in total. The number of carbonyl (C=O) groups excluding carboxylic acids is 1. The summed E-state index contributed by atoms with van der Waals surface area (Å²) < 4.78 is 0. The fraction of sp³-hybridized carbons (Fsp3) is 0.571. The predicted molar refractivity (Wildman–Crippen MR) is 100 cm³/mol. The van der Waals surface area contributed by atoms with Gasteiger partial charge in [-0.3, -0.25) is 4.79 Å². The highest BCUT2D eigenvalue weighted by molar-refractivity contribution is 5.85. The van der Waals surface area contributed by atoms with Gasteiger partial charge in [0.25, 0.3) is 0 Å². The number of hydrogen-bond acceptors (Lipinski definition) is 1. The Hall–Kier alpha value is -1.77. The van der Waals surface area contributed by atoms with Gasteiger partial charge in [0.2, 0.25) is 5.91 Å². The van der Waals surface area contributed by atoms with Crippen molar-refractivity contribution in [2.45, 2.75) is 58.3 Å². The Morgan fingerprint density at radius 1 is 1.21 bits per heavy atom. The Bertz CT molecular complexity index is 667. The molecule has 3 rings (SSSR count). The van der Waals surface area contributed by atoms with Crippen LogP contribution < -0.4 is 5.32 Å². The number of rotatable bonds is 6. The summed E-state index contributed by atoms with van der Waals surface area (Å²) in [4.78, 5) is 15.9. The van der Waals surface area contributed by atoms with Gasteiger partial charge in [-0.1, -0.05) is 51.3 Å². The maximum Gasteiger partial charge on any atom is 0.220 e. The summed E-state index contributed by atoms with van der Waals surface area (Å²) in [7, 11) is 0. The number of aromatic amines is 1. The second-order valence-corrected chi connectivity index (χ2v) is 7.70. The van der Waals surface area contributed by atoms with Crippen LogP contribution in [0.1, 0.15) is 63.9 Å². The third-order valence-electron chi connectivity index (χ3n) is 5.35. The lowest BCUT2D eigenvalue weighted by atomic mass is 9.75. The number of nitrogens with one attached hydrogen (secondary N) is 2. The van der Waals surface area contributed by atoms with E-state index in [-0.39, 0.29) is 5.91 Å². The third kappa shape index (κ3) is 4.00. The average Bonchev–Trinajstić information content (AvgIpc) is 3.02. The molecule has 1 aliphatic rings. The Morgan fingerprint density at radius 2 is 1.96 bits per heavy atom. The van der Waals surface area contributed by atoms with Crippen molar-refractivity contribution in [2.24, 2.45) is 11.8 Å². The van der Waals surface area contributed by atoms with Crippen LogP contribution in [0.15, 0.2) is 30.5 Å². The van der Waals surface area contributed by atoms with Crippen LogP contribution in [0.5, 0.6) is 0 Å². The molecule has 1 heterocycles. The van der Waals surface area contributed by atoms with Crippen molar-refractivity contribution in [3.8, 4) is 0 Å². The molecule has 130 valence electrons. The smallest absolute Gasteiger partial charge is 0.220 e. The fourth-order valence-electron chi connectivity index (χ4n) is 4.06. The van der Waals surface area contributed by atoms with Crippen molar-refractivity contribution >= 4 is 16.8 Å². The van der Waals surface area contributed by atoms with E-state index < -0.39 is 0 Å². The Kier molecular flexibility index (Phi) is 5.60. The largest absolute Gasteiger partial charge is 0.361 e. The van der Waals surface area contributed by atoms with Gasteiger partial charge in [-0.2, -0.15) is 0 Å². The zero-order valence-corrected chi connectivity index (χ0v) is 15.0. The standard InChI is InChI=1S/C21H30N2O/c1-15(2)13-23-21(24)12-18(16-8-4-3-5-9-16)19-14-22-20-11-7-6-10-17(19)20/h6-7,10-11,14-16,18,22H,3-5,8-9,12-13H2,1-2H3,(H,23,24)/t18-/m1/s1. The summed E-state index contributed by atoms with van der Waals surface area (Å²) >= 11 is 0. The molecule has 24 heavy (non-hydrogen) atoms. The van der Waals surface area contributed by atoms with E-state index in [4.69, 9.17) is 0 Å². The number of fused-ring (bicyclic) bond motifs is 1. The fourth-order valence-corrected chi connectivity index (χ4v) is 4.06. The Morgan fingerprint density at radius 3 is 2.71 bits per heavy atom. The minimum atomic E-state index is 0.199. The van der Waals surface area contributed by atoms with E-state index in [0.29, 0.717) is 24.2 Å². The van der Waals surface area contributed by atoms with E-state index in [1.165, 1.54) is 48.6 Å². The summed E-state index contributed by atoms with van der Waals surface area (Å²) in [5.41, 5.74) is 2.51. The van der Waals surface area contributed by atoms with E-state index in [1.807, 2.05) is 0 Å². The highest BCUT2D eigenvalue weighted by Gasteiger charge is 2.28. The molecule has 0 radical (unpaired) electrons. The van der Waals surface area contributed by atoms with Crippen molar-refractivity contribution in [2.75, 3.05) is 6.54 Å². The Labute approximate surface area is 145 Å². The molecular formula is C21H30N2O. The summed E-state index contributed by atoms with van der Waals surface area (Å²) in [6, 6.07) is 8.46.